The van der Waals surface area contributed by atoms with Gasteiger partial charge in [-0.1, -0.05) is 23.7 Å². The van der Waals surface area contributed by atoms with Gasteiger partial charge in [-0.2, -0.15) is 0 Å². The summed E-state index contributed by atoms with van der Waals surface area (Å²) in [6.45, 7) is 2.14. The molecule has 0 saturated carbocycles. The molecule has 84 valence electrons. The Kier molecular flexibility index (Phi) is 4.10. The maximum atomic E-state index is 5.93. The standard InChI is InChI=1S/C12H11ClINS/c1-8(9-6-12(13)16-7-9)15-11-5-3-2-4-10(11)14/h2-8,15H,1H3. The van der Waals surface area contributed by atoms with Crippen molar-refractivity contribution in [1.82, 2.24) is 0 Å². The molecule has 2 aromatic rings. The van der Waals surface area contributed by atoms with Gasteiger partial charge in [0.1, 0.15) is 0 Å². The predicted octanol–water partition coefficient (Wildman–Crippen LogP) is 5.18. The molecule has 0 aliphatic rings. The lowest BCUT2D eigenvalue weighted by Gasteiger charge is -2.15. The Morgan fingerprint density at radius 3 is 2.75 bits per heavy atom. The van der Waals surface area contributed by atoms with Crippen LogP contribution in [0.3, 0.4) is 0 Å². The van der Waals surface area contributed by atoms with Crippen LogP contribution in [0.1, 0.15) is 18.5 Å². The normalized spacial score (nSPS) is 12.4. The average Bonchev–Trinajstić information content (AvgIpc) is 2.68. The average molecular weight is 364 g/mol. The van der Waals surface area contributed by atoms with Gasteiger partial charge in [-0.25, -0.2) is 0 Å². The van der Waals surface area contributed by atoms with E-state index in [1.807, 2.05) is 18.2 Å². The van der Waals surface area contributed by atoms with Crippen LogP contribution in [0.2, 0.25) is 4.34 Å². The summed E-state index contributed by atoms with van der Waals surface area (Å²) in [5.41, 5.74) is 2.40. The summed E-state index contributed by atoms with van der Waals surface area (Å²) in [5.74, 6) is 0. The highest BCUT2D eigenvalue weighted by Gasteiger charge is 2.08. The summed E-state index contributed by atoms with van der Waals surface area (Å²) < 4.78 is 2.07. The molecule has 1 aromatic heterocycles. The zero-order chi connectivity index (χ0) is 11.5. The number of benzene rings is 1. The second kappa shape index (κ2) is 5.38. The zero-order valence-electron chi connectivity index (χ0n) is 8.71. The first-order valence-electron chi connectivity index (χ1n) is 4.92. The van der Waals surface area contributed by atoms with Gasteiger partial charge < -0.3 is 5.32 Å². The number of thiophene rings is 1. The van der Waals surface area contributed by atoms with Crippen molar-refractivity contribution in [2.75, 3.05) is 5.32 Å². The van der Waals surface area contributed by atoms with Crippen LogP contribution in [0.15, 0.2) is 35.7 Å². The van der Waals surface area contributed by atoms with E-state index in [2.05, 4.69) is 52.3 Å². The van der Waals surface area contributed by atoms with Crippen molar-refractivity contribution < 1.29 is 0 Å². The van der Waals surface area contributed by atoms with Gasteiger partial charge in [-0.15, -0.1) is 11.3 Å². The molecule has 0 radical (unpaired) electrons. The summed E-state index contributed by atoms with van der Waals surface area (Å²) in [6.07, 6.45) is 0. The number of halogens is 2. The largest absolute Gasteiger partial charge is 0.378 e. The third-order valence-electron chi connectivity index (χ3n) is 2.33. The van der Waals surface area contributed by atoms with E-state index in [0.29, 0.717) is 0 Å². The van der Waals surface area contributed by atoms with Crippen LogP contribution in [0.25, 0.3) is 0 Å². The van der Waals surface area contributed by atoms with Gasteiger partial charge in [0.15, 0.2) is 0 Å². The number of nitrogens with one attached hydrogen (secondary N) is 1. The summed E-state index contributed by atoms with van der Waals surface area (Å²) in [4.78, 5) is 0. The first kappa shape index (κ1) is 12.2. The van der Waals surface area contributed by atoms with E-state index in [0.717, 1.165) is 10.0 Å². The van der Waals surface area contributed by atoms with E-state index in [4.69, 9.17) is 11.6 Å². The van der Waals surface area contributed by atoms with Crippen molar-refractivity contribution >= 4 is 51.2 Å². The molecule has 1 heterocycles. The molecule has 0 bridgehead atoms. The Labute approximate surface area is 118 Å². The Morgan fingerprint density at radius 1 is 1.38 bits per heavy atom. The van der Waals surface area contributed by atoms with Crippen molar-refractivity contribution in [1.29, 1.82) is 0 Å². The first-order valence-corrected chi connectivity index (χ1v) is 7.25. The molecule has 1 nitrogen and oxygen atoms in total. The van der Waals surface area contributed by atoms with E-state index in [-0.39, 0.29) is 6.04 Å². The molecular formula is C12H11ClINS. The molecule has 1 N–H and O–H groups in total. The molecule has 0 amide bonds. The second-order valence-corrected chi connectivity index (χ2v) is 6.23. The summed E-state index contributed by atoms with van der Waals surface area (Å²) in [6, 6.07) is 10.6. The molecule has 1 unspecified atom stereocenters. The summed E-state index contributed by atoms with van der Waals surface area (Å²) >= 11 is 9.83. The van der Waals surface area contributed by atoms with Crippen LogP contribution in [-0.2, 0) is 0 Å². The molecule has 0 spiro atoms. The Bertz CT molecular complexity index is 483. The van der Waals surface area contributed by atoms with Crippen molar-refractivity contribution in [3.63, 3.8) is 0 Å². The first-order chi connectivity index (χ1) is 7.66. The van der Waals surface area contributed by atoms with E-state index in [1.54, 1.807) is 11.3 Å². The molecule has 0 fully saturated rings. The molecule has 0 saturated heterocycles. The number of anilines is 1. The SMILES string of the molecule is CC(Nc1ccccc1I)c1csc(Cl)c1. The molecular weight excluding hydrogens is 353 g/mol. The van der Waals surface area contributed by atoms with E-state index in [1.165, 1.54) is 9.13 Å². The van der Waals surface area contributed by atoms with Crippen LogP contribution in [0, 0.1) is 3.57 Å². The molecule has 4 heteroatoms. The highest BCUT2D eigenvalue weighted by molar-refractivity contribution is 14.1. The Balaban J connectivity index is 2.13. The molecule has 1 aromatic carbocycles. The van der Waals surface area contributed by atoms with Crippen molar-refractivity contribution in [3.8, 4) is 0 Å². The van der Waals surface area contributed by atoms with E-state index < -0.39 is 0 Å². The fraction of sp³-hybridized carbons (Fsp3) is 0.167. The van der Waals surface area contributed by atoms with Gasteiger partial charge in [0.2, 0.25) is 0 Å². The van der Waals surface area contributed by atoms with E-state index >= 15 is 0 Å². The number of hydrogen-bond donors (Lipinski definition) is 1. The number of hydrogen-bond acceptors (Lipinski definition) is 2. The molecule has 2 rings (SSSR count). The van der Waals surface area contributed by atoms with Crippen molar-refractivity contribution in [3.05, 3.63) is 49.2 Å². The van der Waals surface area contributed by atoms with Crippen LogP contribution in [0.5, 0.6) is 0 Å². The third kappa shape index (κ3) is 2.90. The third-order valence-corrected chi connectivity index (χ3v) is 4.38. The topological polar surface area (TPSA) is 12.0 Å². The number of para-hydroxylation sites is 1. The smallest absolute Gasteiger partial charge is 0.0931 e. The van der Waals surface area contributed by atoms with Gasteiger partial charge in [-0.3, -0.25) is 0 Å². The van der Waals surface area contributed by atoms with E-state index in [9.17, 15) is 0 Å². The lowest BCUT2D eigenvalue weighted by atomic mass is 10.1. The maximum Gasteiger partial charge on any atom is 0.0931 e. The highest BCUT2D eigenvalue weighted by Crippen LogP contribution is 2.28. The van der Waals surface area contributed by atoms with Gasteiger partial charge in [-0.05, 0) is 58.7 Å². The van der Waals surface area contributed by atoms with Gasteiger partial charge in [0.05, 0.1) is 4.34 Å². The second-order valence-electron chi connectivity index (χ2n) is 3.53. The molecule has 16 heavy (non-hydrogen) atoms. The molecule has 1 atom stereocenters. The number of rotatable bonds is 3. The molecule has 0 aliphatic heterocycles. The minimum atomic E-state index is 0.277. The van der Waals surface area contributed by atoms with Crippen LogP contribution in [0.4, 0.5) is 5.69 Å². The summed E-state index contributed by atoms with van der Waals surface area (Å²) in [7, 11) is 0. The monoisotopic (exact) mass is 363 g/mol. The lowest BCUT2D eigenvalue weighted by Crippen LogP contribution is -2.06. The minimum absolute atomic E-state index is 0.277. The fourth-order valence-corrected chi connectivity index (χ4v) is 2.97. The minimum Gasteiger partial charge on any atom is -0.378 e. The maximum absolute atomic E-state index is 5.93. The zero-order valence-corrected chi connectivity index (χ0v) is 12.4. The predicted molar refractivity (Wildman–Crippen MR) is 80.5 cm³/mol. The van der Waals surface area contributed by atoms with Crippen LogP contribution >= 0.6 is 45.5 Å². The van der Waals surface area contributed by atoms with Crippen molar-refractivity contribution in [2.45, 2.75) is 13.0 Å². The Morgan fingerprint density at radius 2 is 2.12 bits per heavy atom. The van der Waals surface area contributed by atoms with Crippen LogP contribution < -0.4 is 5.32 Å². The molecule has 0 aliphatic carbocycles. The lowest BCUT2D eigenvalue weighted by molar-refractivity contribution is 0.889. The fourth-order valence-electron chi connectivity index (χ4n) is 1.45. The van der Waals surface area contributed by atoms with Crippen LogP contribution in [-0.4, -0.2) is 0 Å². The van der Waals surface area contributed by atoms with Gasteiger partial charge in [0.25, 0.3) is 0 Å². The highest BCUT2D eigenvalue weighted by atomic mass is 127. The Hall–Kier alpha value is -0.260. The van der Waals surface area contributed by atoms with Gasteiger partial charge >= 0.3 is 0 Å². The van der Waals surface area contributed by atoms with Gasteiger partial charge in [0, 0.05) is 15.3 Å². The summed E-state index contributed by atoms with van der Waals surface area (Å²) in [5, 5.41) is 5.57. The van der Waals surface area contributed by atoms with Crippen molar-refractivity contribution in [2.24, 2.45) is 0 Å². The quantitative estimate of drug-likeness (QED) is 0.741.